The Bertz CT molecular complexity index is 96.7. The number of rotatable bonds is 2. The molecule has 8 heavy (non-hydrogen) atoms. The minimum Gasteiger partial charge on any atom is -0.192 e. The van der Waals surface area contributed by atoms with Crippen molar-refractivity contribution in [3.05, 3.63) is 11.2 Å². The van der Waals surface area contributed by atoms with Crippen molar-refractivity contribution in [3.8, 4) is 0 Å². The van der Waals surface area contributed by atoms with Gasteiger partial charge in [-0.05, 0) is 17.0 Å². The van der Waals surface area contributed by atoms with E-state index >= 15 is 0 Å². The van der Waals surface area contributed by atoms with Crippen molar-refractivity contribution in [2.45, 2.75) is 0 Å². The Kier molecular flexibility index (Phi) is 4.26. The Balaban J connectivity index is 3.62. The molecule has 0 aliphatic heterocycles. The maximum atomic E-state index is 11.6. The molecule has 0 aromatic carbocycles. The van der Waals surface area contributed by atoms with Crippen molar-refractivity contribution in [1.82, 2.24) is 0 Å². The van der Waals surface area contributed by atoms with Crippen LogP contribution in [0.5, 0.6) is 0 Å². The Morgan fingerprint density at radius 2 is 1.75 bits per heavy atom. The average Bonchev–Trinajstić information content (AvgIpc) is 1.67. The molecule has 0 heterocycles. The standard InChI is InChI=1S/C3H3F3S2/c1-7-8-3(6)2(4)5/h1H3. The lowest BCUT2D eigenvalue weighted by atomic mass is 11.1. The molecule has 0 aromatic heterocycles. The van der Waals surface area contributed by atoms with Crippen LogP contribution in [-0.2, 0) is 0 Å². The van der Waals surface area contributed by atoms with Crippen LogP contribution in [0.25, 0.3) is 0 Å². The van der Waals surface area contributed by atoms with Crippen LogP contribution in [0.15, 0.2) is 11.2 Å². The van der Waals surface area contributed by atoms with E-state index in [2.05, 4.69) is 0 Å². The van der Waals surface area contributed by atoms with Gasteiger partial charge in [-0.15, -0.1) is 0 Å². The molecule has 0 aromatic rings. The third-order valence-corrected chi connectivity index (χ3v) is 1.71. The van der Waals surface area contributed by atoms with Gasteiger partial charge < -0.3 is 0 Å². The van der Waals surface area contributed by atoms with Crippen LogP contribution < -0.4 is 0 Å². The predicted octanol–water partition coefficient (Wildman–Crippen LogP) is 3.03. The lowest BCUT2D eigenvalue weighted by molar-refractivity contribution is 0.395. The maximum absolute atomic E-state index is 11.6. The molecule has 0 unspecified atom stereocenters. The van der Waals surface area contributed by atoms with Gasteiger partial charge in [-0.1, -0.05) is 10.8 Å². The first-order valence-corrected chi connectivity index (χ1v) is 4.15. The van der Waals surface area contributed by atoms with Gasteiger partial charge in [0.2, 0.25) is 5.16 Å². The summed E-state index contributed by atoms with van der Waals surface area (Å²) in [4.78, 5) is 0. The minimum atomic E-state index is -2.25. The molecule has 0 rings (SSSR count). The van der Waals surface area contributed by atoms with Crippen LogP contribution in [0.3, 0.4) is 0 Å². The molecule has 0 fully saturated rings. The molecule has 0 N–H and O–H groups in total. The van der Waals surface area contributed by atoms with Gasteiger partial charge in [0.05, 0.1) is 0 Å². The first-order chi connectivity index (χ1) is 3.68. The minimum absolute atomic E-state index is 0.419. The summed E-state index contributed by atoms with van der Waals surface area (Å²) < 4.78 is 33.8. The molecule has 5 heteroatoms. The van der Waals surface area contributed by atoms with Gasteiger partial charge >= 0.3 is 6.08 Å². The summed E-state index contributed by atoms with van der Waals surface area (Å²) in [6.45, 7) is 0. The van der Waals surface area contributed by atoms with Crippen LogP contribution in [0.2, 0.25) is 0 Å². The van der Waals surface area contributed by atoms with Gasteiger partial charge in [0.15, 0.2) is 0 Å². The van der Waals surface area contributed by atoms with E-state index in [1.54, 1.807) is 0 Å². The van der Waals surface area contributed by atoms with E-state index in [-0.39, 0.29) is 0 Å². The molecule has 48 valence electrons. The topological polar surface area (TPSA) is 0 Å². The normalized spacial score (nSPS) is 9.00. The molecular weight excluding hydrogens is 157 g/mol. The first-order valence-electron chi connectivity index (χ1n) is 1.60. The summed E-state index contributed by atoms with van der Waals surface area (Å²) in [6, 6.07) is 0. The zero-order chi connectivity index (χ0) is 6.57. The Morgan fingerprint density at radius 3 is 1.88 bits per heavy atom. The number of hydrogen-bond donors (Lipinski definition) is 0. The van der Waals surface area contributed by atoms with E-state index in [0.29, 0.717) is 10.8 Å². The zero-order valence-electron chi connectivity index (χ0n) is 3.95. The summed E-state index contributed by atoms with van der Waals surface area (Å²) in [5.74, 6) is 0. The molecule has 0 saturated carbocycles. The van der Waals surface area contributed by atoms with Crippen molar-refractivity contribution >= 4 is 21.6 Å². The number of hydrogen-bond acceptors (Lipinski definition) is 2. The van der Waals surface area contributed by atoms with Crippen molar-refractivity contribution < 1.29 is 13.2 Å². The van der Waals surface area contributed by atoms with Crippen LogP contribution >= 0.6 is 21.6 Å². The largest absolute Gasteiger partial charge is 0.313 e. The molecule has 0 bridgehead atoms. The van der Waals surface area contributed by atoms with Gasteiger partial charge in [0.1, 0.15) is 0 Å². The van der Waals surface area contributed by atoms with Gasteiger partial charge in [0.25, 0.3) is 0 Å². The molecule has 0 amide bonds. The highest BCUT2D eigenvalue weighted by Crippen LogP contribution is 2.31. The lowest BCUT2D eigenvalue weighted by Crippen LogP contribution is -1.61. The van der Waals surface area contributed by atoms with Crippen molar-refractivity contribution in [2.24, 2.45) is 0 Å². The highest BCUT2D eigenvalue weighted by atomic mass is 33.1. The fourth-order valence-corrected chi connectivity index (χ4v) is 0.942. The van der Waals surface area contributed by atoms with Crippen molar-refractivity contribution in [2.75, 3.05) is 6.26 Å². The molecule has 0 saturated heterocycles. The van der Waals surface area contributed by atoms with Crippen LogP contribution in [0, 0.1) is 0 Å². The molecule has 0 nitrogen and oxygen atoms in total. The summed E-state index contributed by atoms with van der Waals surface area (Å²) in [7, 11) is 1.36. The molecular formula is C3H3F3S2. The third kappa shape index (κ3) is 3.26. The smallest absolute Gasteiger partial charge is 0.192 e. The second kappa shape index (κ2) is 4.14. The Labute approximate surface area is 52.9 Å². The van der Waals surface area contributed by atoms with Crippen LogP contribution in [0.4, 0.5) is 13.2 Å². The van der Waals surface area contributed by atoms with Gasteiger partial charge in [0, 0.05) is 0 Å². The fourth-order valence-electron chi connectivity index (χ4n) is 0.105. The van der Waals surface area contributed by atoms with E-state index in [9.17, 15) is 13.2 Å². The quantitative estimate of drug-likeness (QED) is 0.569. The highest BCUT2D eigenvalue weighted by Gasteiger charge is 2.02. The summed E-state index contributed by atoms with van der Waals surface area (Å²) >= 11 is 0. The highest BCUT2D eigenvalue weighted by molar-refractivity contribution is 8.77. The summed E-state index contributed by atoms with van der Waals surface area (Å²) in [5, 5.41) is -1.41. The molecule has 0 atom stereocenters. The van der Waals surface area contributed by atoms with Crippen molar-refractivity contribution in [3.63, 3.8) is 0 Å². The molecule has 0 spiro atoms. The maximum Gasteiger partial charge on any atom is 0.313 e. The third-order valence-electron chi connectivity index (χ3n) is 0.305. The Hall–Kier alpha value is 0.230. The molecule has 0 radical (unpaired) electrons. The average molecular weight is 160 g/mol. The fraction of sp³-hybridized carbons (Fsp3) is 0.333. The van der Waals surface area contributed by atoms with Crippen LogP contribution in [0.1, 0.15) is 0 Å². The SMILES string of the molecule is CSSC(F)=C(F)F. The van der Waals surface area contributed by atoms with E-state index in [0.717, 1.165) is 10.8 Å². The van der Waals surface area contributed by atoms with Gasteiger partial charge in [-0.2, -0.15) is 13.2 Å². The van der Waals surface area contributed by atoms with E-state index in [1.165, 1.54) is 6.26 Å². The van der Waals surface area contributed by atoms with Crippen LogP contribution in [-0.4, -0.2) is 6.26 Å². The second-order valence-corrected chi connectivity index (χ2v) is 3.14. The second-order valence-electron chi connectivity index (χ2n) is 0.784. The summed E-state index contributed by atoms with van der Waals surface area (Å²) in [6.07, 6.45) is -0.725. The van der Waals surface area contributed by atoms with E-state index < -0.39 is 11.2 Å². The monoisotopic (exact) mass is 160 g/mol. The molecule has 0 aliphatic rings. The number of halogens is 3. The van der Waals surface area contributed by atoms with Gasteiger partial charge in [-0.25, -0.2) is 0 Å². The Morgan fingerprint density at radius 1 is 1.25 bits per heavy atom. The van der Waals surface area contributed by atoms with E-state index in [1.807, 2.05) is 0 Å². The van der Waals surface area contributed by atoms with E-state index in [4.69, 9.17) is 0 Å². The first kappa shape index (κ1) is 8.23. The summed E-state index contributed by atoms with van der Waals surface area (Å²) in [5.41, 5.74) is 0. The predicted molar refractivity (Wildman–Crippen MR) is 31.5 cm³/mol. The lowest BCUT2D eigenvalue weighted by Gasteiger charge is -1.86. The van der Waals surface area contributed by atoms with Gasteiger partial charge in [-0.3, -0.25) is 0 Å². The zero-order valence-corrected chi connectivity index (χ0v) is 5.58. The molecule has 0 aliphatic carbocycles. The van der Waals surface area contributed by atoms with Crippen molar-refractivity contribution in [1.29, 1.82) is 0 Å².